The van der Waals surface area contributed by atoms with Gasteiger partial charge in [0.1, 0.15) is 0 Å². The summed E-state index contributed by atoms with van der Waals surface area (Å²) in [5.74, 6) is -3.14. The maximum Gasteiger partial charge on any atom is 0.308 e. The lowest BCUT2D eigenvalue weighted by molar-refractivity contribution is -0.147. The topological polar surface area (TPSA) is 121 Å². The number of piperidine rings is 1. The number of hydrogen-bond acceptors (Lipinski definition) is 4. The minimum absolute atomic E-state index is 0.113. The smallest absolute Gasteiger partial charge is 0.308 e. The first-order chi connectivity index (χ1) is 7.91. The van der Waals surface area contributed by atoms with Crippen LogP contribution in [-0.2, 0) is 14.4 Å². The Morgan fingerprint density at radius 2 is 2.00 bits per heavy atom. The zero-order chi connectivity index (χ0) is 13.0. The molecule has 7 heteroatoms. The molecule has 0 aromatic rings. The third kappa shape index (κ3) is 3.70. The molecular weight excluding hydrogens is 228 g/mol. The standard InChI is InChI=1S/C10H16N2O5/c11-7(4-8(13)14)9(15)12-3-1-2-6(5-12)10(16)17/h6-7H,1-5,11H2,(H,13,14)(H,16,17)/t6-,7?/m0/s1. The van der Waals surface area contributed by atoms with Crippen molar-refractivity contribution in [1.29, 1.82) is 0 Å². The van der Waals surface area contributed by atoms with Gasteiger partial charge in [-0.05, 0) is 12.8 Å². The van der Waals surface area contributed by atoms with E-state index >= 15 is 0 Å². The van der Waals surface area contributed by atoms with E-state index in [2.05, 4.69) is 0 Å². The number of aliphatic carboxylic acids is 2. The highest BCUT2D eigenvalue weighted by molar-refractivity contribution is 5.86. The Kier molecular flexibility index (Phi) is 4.45. The first-order valence-electron chi connectivity index (χ1n) is 5.40. The summed E-state index contributed by atoms with van der Waals surface area (Å²) in [7, 11) is 0. The minimum atomic E-state index is -1.14. The predicted octanol–water partition coefficient (Wildman–Crippen LogP) is -0.888. The number of likely N-dealkylation sites (tertiary alicyclic amines) is 1. The Bertz CT molecular complexity index is 331. The van der Waals surface area contributed by atoms with Crippen LogP contribution in [0.1, 0.15) is 19.3 Å². The zero-order valence-corrected chi connectivity index (χ0v) is 9.33. The molecule has 0 aromatic carbocycles. The number of hydrogen-bond donors (Lipinski definition) is 3. The molecule has 17 heavy (non-hydrogen) atoms. The summed E-state index contributed by atoms with van der Waals surface area (Å²) >= 11 is 0. The van der Waals surface area contributed by atoms with Crippen LogP contribution in [0.2, 0.25) is 0 Å². The molecule has 1 fully saturated rings. The van der Waals surface area contributed by atoms with Crippen molar-refractivity contribution in [3.63, 3.8) is 0 Å². The highest BCUT2D eigenvalue weighted by atomic mass is 16.4. The Hall–Kier alpha value is -1.63. The number of nitrogens with zero attached hydrogens (tertiary/aromatic N) is 1. The predicted molar refractivity (Wildman–Crippen MR) is 57.2 cm³/mol. The highest BCUT2D eigenvalue weighted by Gasteiger charge is 2.30. The minimum Gasteiger partial charge on any atom is -0.481 e. The molecule has 0 aliphatic carbocycles. The fourth-order valence-corrected chi connectivity index (χ4v) is 1.89. The van der Waals surface area contributed by atoms with Crippen molar-refractivity contribution < 1.29 is 24.6 Å². The second-order valence-electron chi connectivity index (χ2n) is 4.17. The fraction of sp³-hybridized carbons (Fsp3) is 0.700. The summed E-state index contributed by atoms with van der Waals surface area (Å²) in [4.78, 5) is 34.3. The summed E-state index contributed by atoms with van der Waals surface area (Å²) < 4.78 is 0. The van der Waals surface area contributed by atoms with Crippen LogP contribution < -0.4 is 5.73 Å². The molecule has 1 unspecified atom stereocenters. The van der Waals surface area contributed by atoms with E-state index in [9.17, 15) is 14.4 Å². The van der Waals surface area contributed by atoms with Crippen molar-refractivity contribution in [3.8, 4) is 0 Å². The van der Waals surface area contributed by atoms with Gasteiger partial charge in [-0.2, -0.15) is 0 Å². The van der Waals surface area contributed by atoms with Crippen LogP contribution in [0.15, 0.2) is 0 Å². The second-order valence-corrected chi connectivity index (χ2v) is 4.17. The maximum absolute atomic E-state index is 11.7. The van der Waals surface area contributed by atoms with Gasteiger partial charge in [-0.1, -0.05) is 0 Å². The van der Waals surface area contributed by atoms with Crippen LogP contribution in [0, 0.1) is 5.92 Å². The average molecular weight is 244 g/mol. The molecule has 0 spiro atoms. The van der Waals surface area contributed by atoms with Gasteiger partial charge >= 0.3 is 11.9 Å². The number of carbonyl (C=O) groups excluding carboxylic acids is 1. The van der Waals surface area contributed by atoms with Crippen LogP contribution in [0.4, 0.5) is 0 Å². The third-order valence-electron chi connectivity index (χ3n) is 2.79. The van der Waals surface area contributed by atoms with Crippen molar-refractivity contribution in [2.24, 2.45) is 11.7 Å². The van der Waals surface area contributed by atoms with Gasteiger partial charge in [0.25, 0.3) is 0 Å². The van der Waals surface area contributed by atoms with Crippen molar-refractivity contribution in [2.45, 2.75) is 25.3 Å². The largest absolute Gasteiger partial charge is 0.481 e. The molecule has 1 aliphatic rings. The highest BCUT2D eigenvalue weighted by Crippen LogP contribution is 2.17. The monoisotopic (exact) mass is 244 g/mol. The number of amides is 1. The molecule has 1 saturated heterocycles. The zero-order valence-electron chi connectivity index (χ0n) is 9.33. The lowest BCUT2D eigenvalue weighted by atomic mass is 9.97. The summed E-state index contributed by atoms with van der Waals surface area (Å²) in [6.45, 7) is 0.553. The normalized spacial score (nSPS) is 21.9. The Morgan fingerprint density at radius 1 is 1.35 bits per heavy atom. The molecule has 2 atom stereocenters. The molecule has 0 radical (unpaired) electrons. The fourth-order valence-electron chi connectivity index (χ4n) is 1.89. The average Bonchev–Trinajstić information content (AvgIpc) is 2.27. The van der Waals surface area contributed by atoms with Gasteiger partial charge < -0.3 is 20.8 Å². The van der Waals surface area contributed by atoms with Crippen LogP contribution in [-0.4, -0.2) is 52.1 Å². The summed E-state index contributed by atoms with van der Waals surface area (Å²) in [6, 6.07) is -1.10. The summed E-state index contributed by atoms with van der Waals surface area (Å²) in [5.41, 5.74) is 5.45. The number of carboxylic acids is 2. The third-order valence-corrected chi connectivity index (χ3v) is 2.79. The van der Waals surface area contributed by atoms with Gasteiger partial charge in [0, 0.05) is 13.1 Å². The molecule has 0 saturated carbocycles. The number of rotatable bonds is 4. The molecule has 0 bridgehead atoms. The van der Waals surface area contributed by atoms with Gasteiger partial charge in [0.15, 0.2) is 0 Å². The number of carboxylic acid groups (broad SMARTS) is 2. The number of carbonyl (C=O) groups is 3. The number of nitrogens with two attached hydrogens (primary N) is 1. The maximum atomic E-state index is 11.7. The summed E-state index contributed by atoms with van der Waals surface area (Å²) in [5, 5.41) is 17.4. The van der Waals surface area contributed by atoms with Crippen molar-refractivity contribution in [3.05, 3.63) is 0 Å². The van der Waals surface area contributed by atoms with Crippen molar-refractivity contribution >= 4 is 17.8 Å². The molecule has 4 N–H and O–H groups in total. The molecule has 1 rings (SSSR count). The Labute approximate surface area is 98.2 Å². The van der Waals surface area contributed by atoms with Gasteiger partial charge in [-0.3, -0.25) is 14.4 Å². The van der Waals surface area contributed by atoms with Crippen LogP contribution in [0.3, 0.4) is 0 Å². The Morgan fingerprint density at radius 3 is 2.53 bits per heavy atom. The van der Waals surface area contributed by atoms with E-state index in [0.717, 1.165) is 0 Å². The van der Waals surface area contributed by atoms with Gasteiger partial charge in [0.05, 0.1) is 18.4 Å². The van der Waals surface area contributed by atoms with Gasteiger partial charge in [-0.15, -0.1) is 0 Å². The van der Waals surface area contributed by atoms with E-state index in [4.69, 9.17) is 15.9 Å². The van der Waals surface area contributed by atoms with Crippen LogP contribution in [0.5, 0.6) is 0 Å². The molecule has 7 nitrogen and oxygen atoms in total. The van der Waals surface area contributed by atoms with E-state index in [1.54, 1.807) is 0 Å². The molecule has 1 heterocycles. The van der Waals surface area contributed by atoms with E-state index in [-0.39, 0.29) is 6.54 Å². The molecule has 0 aromatic heterocycles. The first-order valence-corrected chi connectivity index (χ1v) is 5.40. The molecule has 96 valence electrons. The van der Waals surface area contributed by atoms with Gasteiger partial charge in [0.2, 0.25) is 5.91 Å². The molecule has 1 amide bonds. The van der Waals surface area contributed by atoms with E-state index in [0.29, 0.717) is 19.4 Å². The van der Waals surface area contributed by atoms with Crippen molar-refractivity contribution in [2.75, 3.05) is 13.1 Å². The lowest BCUT2D eigenvalue weighted by Gasteiger charge is -2.32. The SMILES string of the molecule is NC(CC(=O)O)C(=O)N1CCC[C@H](C(=O)O)C1. The second kappa shape index (κ2) is 5.62. The lowest BCUT2D eigenvalue weighted by Crippen LogP contribution is -2.49. The van der Waals surface area contributed by atoms with Crippen molar-refractivity contribution in [1.82, 2.24) is 4.90 Å². The van der Waals surface area contributed by atoms with Gasteiger partial charge in [-0.25, -0.2) is 0 Å². The van der Waals surface area contributed by atoms with Crippen LogP contribution >= 0.6 is 0 Å². The van der Waals surface area contributed by atoms with E-state index in [1.807, 2.05) is 0 Å². The quantitative estimate of drug-likeness (QED) is 0.590. The van der Waals surface area contributed by atoms with E-state index in [1.165, 1.54) is 4.90 Å². The Balaban J connectivity index is 2.57. The summed E-state index contributed by atoms with van der Waals surface area (Å²) in [6.07, 6.45) is 0.697. The first kappa shape index (κ1) is 13.4. The molecular formula is C10H16N2O5. The van der Waals surface area contributed by atoms with Crippen LogP contribution in [0.25, 0.3) is 0 Å². The van der Waals surface area contributed by atoms with E-state index < -0.39 is 36.2 Å². The molecule has 1 aliphatic heterocycles.